The fourth-order valence-electron chi connectivity index (χ4n) is 2.89. The molecule has 1 fully saturated rings. The molecule has 0 aliphatic heterocycles. The Balaban J connectivity index is 1.78. The molecule has 1 heterocycles. The Morgan fingerprint density at radius 1 is 1.46 bits per heavy atom. The highest BCUT2D eigenvalue weighted by Crippen LogP contribution is 2.17. The van der Waals surface area contributed by atoms with Gasteiger partial charge in [0.1, 0.15) is 6.54 Å². The second-order valence-electron chi connectivity index (χ2n) is 6.20. The van der Waals surface area contributed by atoms with Gasteiger partial charge in [-0.05, 0) is 25.7 Å². The zero-order chi connectivity index (χ0) is 17.4. The summed E-state index contributed by atoms with van der Waals surface area (Å²) in [5.41, 5.74) is 0.564. The van der Waals surface area contributed by atoms with E-state index in [0.717, 1.165) is 25.7 Å². The molecule has 7 nitrogen and oxygen atoms in total. The predicted octanol–water partition coefficient (Wildman–Crippen LogP) is 2.42. The number of amides is 3. The number of hydrogen-bond donors (Lipinski definition) is 3. The highest BCUT2D eigenvalue weighted by atomic mass is 16.2. The third-order valence-electron chi connectivity index (χ3n) is 4.20. The van der Waals surface area contributed by atoms with Gasteiger partial charge in [0.25, 0.3) is 0 Å². The second kappa shape index (κ2) is 9.10. The quantitative estimate of drug-likeness (QED) is 0.638. The molecule has 1 aromatic rings. The minimum Gasteiger partial charge on any atom is -0.352 e. The first kappa shape index (κ1) is 18.0. The molecule has 24 heavy (non-hydrogen) atoms. The Morgan fingerprint density at radius 3 is 2.88 bits per heavy atom. The Kier molecular flexibility index (Phi) is 6.84. The first-order valence-electron chi connectivity index (χ1n) is 8.61. The lowest BCUT2D eigenvalue weighted by molar-refractivity contribution is -0.122. The highest BCUT2D eigenvalue weighted by Gasteiger charge is 2.17. The number of hydrogen-bond acceptors (Lipinski definition) is 3. The minimum atomic E-state index is -0.279. The summed E-state index contributed by atoms with van der Waals surface area (Å²) in [4.78, 5) is 23.9. The van der Waals surface area contributed by atoms with Crippen LogP contribution in [0.15, 0.2) is 25.0 Å². The van der Waals surface area contributed by atoms with Crippen molar-refractivity contribution in [2.75, 3.05) is 5.32 Å². The van der Waals surface area contributed by atoms with Crippen molar-refractivity contribution in [2.45, 2.75) is 64.1 Å². The molecule has 1 aromatic heterocycles. The van der Waals surface area contributed by atoms with Crippen LogP contribution in [0.5, 0.6) is 0 Å². The molecular formula is C17H27N5O2. The van der Waals surface area contributed by atoms with E-state index in [0.29, 0.717) is 11.7 Å². The van der Waals surface area contributed by atoms with Gasteiger partial charge in [0.15, 0.2) is 0 Å². The molecule has 0 bridgehead atoms. The van der Waals surface area contributed by atoms with Gasteiger partial charge in [0, 0.05) is 18.3 Å². The molecule has 0 spiro atoms. The van der Waals surface area contributed by atoms with Crippen LogP contribution >= 0.6 is 0 Å². The fourth-order valence-corrected chi connectivity index (χ4v) is 2.89. The zero-order valence-electron chi connectivity index (χ0n) is 14.3. The van der Waals surface area contributed by atoms with Crippen molar-refractivity contribution in [3.8, 4) is 0 Å². The topological polar surface area (TPSA) is 88.1 Å². The number of nitrogens with zero attached hydrogens (tertiary/aromatic N) is 2. The predicted molar refractivity (Wildman–Crippen MR) is 93.7 cm³/mol. The summed E-state index contributed by atoms with van der Waals surface area (Å²) >= 11 is 0. The van der Waals surface area contributed by atoms with Crippen molar-refractivity contribution in [1.82, 2.24) is 20.4 Å². The van der Waals surface area contributed by atoms with E-state index in [2.05, 4.69) is 27.6 Å². The normalized spacial score (nSPS) is 15.7. The zero-order valence-corrected chi connectivity index (χ0v) is 14.3. The average molecular weight is 333 g/mol. The molecule has 0 saturated heterocycles. The van der Waals surface area contributed by atoms with Gasteiger partial charge in [-0.2, -0.15) is 5.10 Å². The first-order valence-corrected chi connectivity index (χ1v) is 8.61. The van der Waals surface area contributed by atoms with Gasteiger partial charge in [-0.1, -0.05) is 25.8 Å². The van der Waals surface area contributed by atoms with Crippen molar-refractivity contribution in [3.63, 3.8) is 0 Å². The Hall–Kier alpha value is -2.31. The summed E-state index contributed by atoms with van der Waals surface area (Å²) in [5, 5.41) is 12.7. The average Bonchev–Trinajstić information content (AvgIpc) is 3.19. The number of carbonyl (C=O) groups is 2. The molecule has 1 aliphatic carbocycles. The van der Waals surface area contributed by atoms with Crippen LogP contribution in [0.4, 0.5) is 10.5 Å². The lowest BCUT2D eigenvalue weighted by atomic mass is 10.1. The number of carbonyl (C=O) groups excluding carboxylic acids is 2. The van der Waals surface area contributed by atoms with Gasteiger partial charge in [0.05, 0.1) is 11.9 Å². The summed E-state index contributed by atoms with van der Waals surface area (Å²) in [7, 11) is 0. The maximum Gasteiger partial charge on any atom is 0.319 e. The van der Waals surface area contributed by atoms with Gasteiger partial charge >= 0.3 is 6.03 Å². The number of anilines is 1. The standard InChI is InChI=1S/C17H27N5O2/c1-3-7-13(4-2)20-17(24)21-15-10-18-22(11-15)12-16(23)19-14-8-5-6-9-14/h3,10-11,13-14H,1,4-9,12H2,2H3,(H,19,23)(H2,20,21,24)/t13-/m0/s1. The summed E-state index contributed by atoms with van der Waals surface area (Å²) in [6.07, 6.45) is 11.0. The summed E-state index contributed by atoms with van der Waals surface area (Å²) in [6.45, 7) is 5.85. The lowest BCUT2D eigenvalue weighted by Gasteiger charge is -2.15. The second-order valence-corrected chi connectivity index (χ2v) is 6.20. The maximum atomic E-state index is 12.0. The van der Waals surface area contributed by atoms with Crippen molar-refractivity contribution >= 4 is 17.6 Å². The summed E-state index contributed by atoms with van der Waals surface area (Å²) in [6, 6.07) is 0.0839. The summed E-state index contributed by atoms with van der Waals surface area (Å²) in [5.74, 6) is -0.0435. The van der Waals surface area contributed by atoms with E-state index >= 15 is 0 Å². The monoisotopic (exact) mass is 333 g/mol. The third-order valence-corrected chi connectivity index (χ3v) is 4.20. The first-order chi connectivity index (χ1) is 11.6. The molecule has 2 rings (SSSR count). The van der Waals surface area contributed by atoms with Crippen LogP contribution < -0.4 is 16.0 Å². The number of urea groups is 1. The molecular weight excluding hydrogens is 306 g/mol. The van der Waals surface area contributed by atoms with Crippen LogP contribution in [0.3, 0.4) is 0 Å². The van der Waals surface area contributed by atoms with E-state index in [-0.39, 0.29) is 24.5 Å². The number of nitrogens with one attached hydrogen (secondary N) is 3. The van der Waals surface area contributed by atoms with Gasteiger partial charge in [-0.3, -0.25) is 9.48 Å². The van der Waals surface area contributed by atoms with Gasteiger partial charge in [0.2, 0.25) is 5.91 Å². The van der Waals surface area contributed by atoms with Crippen LogP contribution in [0, 0.1) is 0 Å². The van der Waals surface area contributed by atoms with Gasteiger partial charge < -0.3 is 16.0 Å². The molecule has 132 valence electrons. The SMILES string of the molecule is C=CC[C@H](CC)NC(=O)Nc1cnn(CC(=O)NC2CCCC2)c1. The number of rotatable bonds is 8. The molecule has 7 heteroatoms. The molecule has 3 N–H and O–H groups in total. The molecule has 0 radical (unpaired) electrons. The van der Waals surface area contributed by atoms with Crippen LogP contribution in [-0.2, 0) is 11.3 Å². The van der Waals surface area contributed by atoms with Crippen molar-refractivity contribution < 1.29 is 9.59 Å². The Labute approximate surface area is 142 Å². The van der Waals surface area contributed by atoms with E-state index in [4.69, 9.17) is 0 Å². The van der Waals surface area contributed by atoms with Gasteiger partial charge in [-0.25, -0.2) is 4.79 Å². The number of aromatic nitrogens is 2. The Morgan fingerprint density at radius 2 is 2.21 bits per heavy atom. The van der Waals surface area contributed by atoms with E-state index in [1.165, 1.54) is 23.7 Å². The molecule has 1 aliphatic rings. The van der Waals surface area contributed by atoms with Crippen LogP contribution in [0.1, 0.15) is 45.4 Å². The largest absolute Gasteiger partial charge is 0.352 e. The fraction of sp³-hybridized carbons (Fsp3) is 0.588. The van der Waals surface area contributed by atoms with Crippen molar-refractivity contribution in [1.29, 1.82) is 0 Å². The van der Waals surface area contributed by atoms with E-state index < -0.39 is 0 Å². The lowest BCUT2D eigenvalue weighted by Crippen LogP contribution is -2.37. The molecule has 1 saturated carbocycles. The van der Waals surface area contributed by atoms with E-state index in [1.807, 2.05) is 6.92 Å². The van der Waals surface area contributed by atoms with E-state index in [9.17, 15) is 9.59 Å². The van der Waals surface area contributed by atoms with Crippen molar-refractivity contribution in [2.24, 2.45) is 0 Å². The molecule has 3 amide bonds. The van der Waals surface area contributed by atoms with Crippen LogP contribution in [0.25, 0.3) is 0 Å². The van der Waals surface area contributed by atoms with Crippen molar-refractivity contribution in [3.05, 3.63) is 25.0 Å². The van der Waals surface area contributed by atoms with Gasteiger partial charge in [-0.15, -0.1) is 6.58 Å². The molecule has 0 aromatic carbocycles. The molecule has 0 unspecified atom stereocenters. The van der Waals surface area contributed by atoms with E-state index in [1.54, 1.807) is 12.3 Å². The molecule has 1 atom stereocenters. The smallest absolute Gasteiger partial charge is 0.319 e. The third kappa shape index (κ3) is 5.72. The summed E-state index contributed by atoms with van der Waals surface area (Å²) < 4.78 is 1.53. The van der Waals surface area contributed by atoms with Crippen LogP contribution in [0.2, 0.25) is 0 Å². The minimum absolute atomic E-state index is 0.0435. The highest BCUT2D eigenvalue weighted by molar-refractivity contribution is 5.89. The van der Waals surface area contributed by atoms with Crippen LogP contribution in [-0.4, -0.2) is 33.8 Å². The Bertz CT molecular complexity index is 563. The maximum absolute atomic E-state index is 12.0.